The van der Waals surface area contributed by atoms with Crippen molar-refractivity contribution in [1.82, 2.24) is 5.32 Å². The molecule has 0 saturated heterocycles. The number of carbonyl (C=O) groups excluding carboxylic acids is 2. The maximum absolute atomic E-state index is 12.9. The van der Waals surface area contributed by atoms with E-state index >= 15 is 0 Å². The molecule has 1 heterocycles. The summed E-state index contributed by atoms with van der Waals surface area (Å²) in [5, 5.41) is 5.08. The van der Waals surface area contributed by atoms with Gasteiger partial charge in [-0.05, 0) is 42.8 Å². The van der Waals surface area contributed by atoms with E-state index in [0.29, 0.717) is 5.69 Å². The second-order valence-electron chi connectivity index (χ2n) is 6.38. The van der Waals surface area contributed by atoms with Crippen LogP contribution in [0, 0.1) is 5.82 Å². The highest BCUT2D eigenvalue weighted by molar-refractivity contribution is 8.01. The molecule has 148 valence electrons. The summed E-state index contributed by atoms with van der Waals surface area (Å²) in [6.45, 7) is 1.97. The van der Waals surface area contributed by atoms with Gasteiger partial charge in [0.15, 0.2) is 9.84 Å². The van der Waals surface area contributed by atoms with Gasteiger partial charge in [0.25, 0.3) is 0 Å². The van der Waals surface area contributed by atoms with Crippen molar-refractivity contribution in [3.8, 4) is 0 Å². The number of sulfone groups is 1. The number of amides is 2. The second kappa shape index (κ2) is 8.32. The van der Waals surface area contributed by atoms with E-state index in [2.05, 4.69) is 10.6 Å². The summed E-state index contributed by atoms with van der Waals surface area (Å²) < 4.78 is 37.9. The van der Waals surface area contributed by atoms with Gasteiger partial charge in [0.2, 0.25) is 11.8 Å². The first-order chi connectivity index (χ1) is 13.2. The standard InChI is InChI=1S/C19H19FN2O4S2/c1-12-19(24)22-16-10-15(6-7-17(16)27-12)28(25,26)9-8-18(23)21-11-13-2-4-14(20)5-3-13/h2-7,10,12H,8-9,11H2,1H3,(H,21,23)(H,22,24)/t12-/m0/s1. The van der Waals surface area contributed by atoms with Crippen molar-refractivity contribution in [3.63, 3.8) is 0 Å². The number of benzene rings is 2. The molecule has 0 aliphatic carbocycles. The van der Waals surface area contributed by atoms with Gasteiger partial charge in [-0.15, -0.1) is 11.8 Å². The Bertz CT molecular complexity index is 1010. The first kappa shape index (κ1) is 20.3. The Hall–Kier alpha value is -2.39. The van der Waals surface area contributed by atoms with Crippen LogP contribution in [0.3, 0.4) is 0 Å². The van der Waals surface area contributed by atoms with Crippen molar-refractivity contribution in [2.24, 2.45) is 0 Å². The van der Waals surface area contributed by atoms with Crippen LogP contribution in [0.4, 0.5) is 10.1 Å². The van der Waals surface area contributed by atoms with Crippen LogP contribution in [-0.2, 0) is 26.0 Å². The number of thioether (sulfide) groups is 1. The molecule has 2 amide bonds. The van der Waals surface area contributed by atoms with Crippen LogP contribution in [-0.4, -0.2) is 31.2 Å². The minimum Gasteiger partial charge on any atom is -0.352 e. The summed E-state index contributed by atoms with van der Waals surface area (Å²) in [5.74, 6) is -1.30. The predicted molar refractivity (Wildman–Crippen MR) is 105 cm³/mol. The van der Waals surface area contributed by atoms with E-state index in [1.807, 2.05) is 0 Å². The van der Waals surface area contributed by atoms with Gasteiger partial charge < -0.3 is 10.6 Å². The Labute approximate surface area is 166 Å². The molecular weight excluding hydrogens is 403 g/mol. The molecule has 1 aliphatic heterocycles. The molecule has 9 heteroatoms. The topological polar surface area (TPSA) is 92.3 Å². The van der Waals surface area contributed by atoms with E-state index in [0.717, 1.165) is 10.5 Å². The van der Waals surface area contributed by atoms with Gasteiger partial charge in [-0.1, -0.05) is 12.1 Å². The third-order valence-corrected chi connectivity index (χ3v) is 7.13. The normalized spacial score (nSPS) is 16.2. The van der Waals surface area contributed by atoms with E-state index in [1.54, 1.807) is 25.1 Å². The Kier molecular flexibility index (Phi) is 6.04. The number of hydrogen-bond acceptors (Lipinski definition) is 5. The van der Waals surface area contributed by atoms with Crippen LogP contribution in [0.15, 0.2) is 52.3 Å². The maximum Gasteiger partial charge on any atom is 0.237 e. The lowest BCUT2D eigenvalue weighted by Crippen LogP contribution is -2.27. The first-order valence-corrected chi connectivity index (χ1v) is 11.1. The summed E-state index contributed by atoms with van der Waals surface area (Å²) in [6, 6.07) is 10.3. The highest BCUT2D eigenvalue weighted by Gasteiger charge is 2.25. The van der Waals surface area contributed by atoms with Crippen LogP contribution in [0.5, 0.6) is 0 Å². The molecule has 3 rings (SSSR count). The van der Waals surface area contributed by atoms with Crippen LogP contribution >= 0.6 is 11.8 Å². The second-order valence-corrected chi connectivity index (χ2v) is 9.87. The Balaban J connectivity index is 1.59. The van der Waals surface area contributed by atoms with Crippen molar-refractivity contribution in [2.45, 2.75) is 34.9 Å². The molecule has 0 fully saturated rings. The molecule has 2 aromatic rings. The van der Waals surface area contributed by atoms with Gasteiger partial charge in [0, 0.05) is 17.9 Å². The van der Waals surface area contributed by atoms with Crippen molar-refractivity contribution >= 4 is 39.1 Å². The number of carbonyl (C=O) groups is 2. The Morgan fingerprint density at radius 1 is 1.21 bits per heavy atom. The fourth-order valence-corrected chi connectivity index (χ4v) is 4.81. The Morgan fingerprint density at radius 3 is 2.64 bits per heavy atom. The van der Waals surface area contributed by atoms with Crippen molar-refractivity contribution in [1.29, 1.82) is 0 Å². The van der Waals surface area contributed by atoms with E-state index in [4.69, 9.17) is 0 Å². The molecule has 0 spiro atoms. The third kappa shape index (κ3) is 4.90. The predicted octanol–water partition coefficient (Wildman–Crippen LogP) is 2.74. The number of fused-ring (bicyclic) bond motifs is 1. The van der Waals surface area contributed by atoms with Gasteiger partial charge in [-0.2, -0.15) is 0 Å². The van der Waals surface area contributed by atoms with Crippen LogP contribution < -0.4 is 10.6 Å². The van der Waals surface area contributed by atoms with Crippen LogP contribution in [0.1, 0.15) is 18.9 Å². The van der Waals surface area contributed by atoms with Crippen molar-refractivity contribution in [2.75, 3.05) is 11.1 Å². The minimum absolute atomic E-state index is 0.0630. The zero-order valence-electron chi connectivity index (χ0n) is 15.1. The zero-order chi connectivity index (χ0) is 20.3. The van der Waals surface area contributed by atoms with Crippen LogP contribution in [0.25, 0.3) is 0 Å². The van der Waals surface area contributed by atoms with Crippen molar-refractivity contribution in [3.05, 3.63) is 53.8 Å². The average Bonchev–Trinajstić information content (AvgIpc) is 2.66. The molecule has 6 nitrogen and oxygen atoms in total. The van der Waals surface area contributed by atoms with E-state index in [-0.39, 0.29) is 40.6 Å². The largest absolute Gasteiger partial charge is 0.352 e. The fourth-order valence-electron chi connectivity index (χ4n) is 2.62. The SMILES string of the molecule is C[C@@H]1Sc2ccc(S(=O)(=O)CCC(=O)NCc3ccc(F)cc3)cc2NC1=O. The summed E-state index contributed by atoms with van der Waals surface area (Å²) >= 11 is 1.37. The molecule has 1 aliphatic rings. The first-order valence-electron chi connectivity index (χ1n) is 8.60. The molecule has 0 aromatic heterocycles. The lowest BCUT2D eigenvalue weighted by atomic mass is 10.2. The summed E-state index contributed by atoms with van der Waals surface area (Å²) in [7, 11) is -3.68. The van der Waals surface area contributed by atoms with Crippen LogP contribution in [0.2, 0.25) is 0 Å². The lowest BCUT2D eigenvalue weighted by Gasteiger charge is -2.21. The van der Waals surface area contributed by atoms with Gasteiger partial charge >= 0.3 is 0 Å². The molecule has 28 heavy (non-hydrogen) atoms. The van der Waals surface area contributed by atoms with Crippen molar-refractivity contribution < 1.29 is 22.4 Å². The number of nitrogens with one attached hydrogen (secondary N) is 2. The number of hydrogen-bond donors (Lipinski definition) is 2. The smallest absolute Gasteiger partial charge is 0.237 e. The number of halogens is 1. The highest BCUT2D eigenvalue weighted by Crippen LogP contribution is 2.36. The maximum atomic E-state index is 12.9. The molecule has 0 radical (unpaired) electrons. The zero-order valence-corrected chi connectivity index (χ0v) is 16.7. The minimum atomic E-state index is -3.68. The van der Waals surface area contributed by atoms with E-state index in [9.17, 15) is 22.4 Å². The van der Waals surface area contributed by atoms with Gasteiger partial charge in [-0.25, -0.2) is 12.8 Å². The van der Waals surface area contributed by atoms with Gasteiger partial charge in [-0.3, -0.25) is 9.59 Å². The number of rotatable bonds is 6. The number of anilines is 1. The molecule has 0 bridgehead atoms. The molecular formula is C19H19FN2O4S2. The molecule has 2 N–H and O–H groups in total. The monoisotopic (exact) mass is 422 g/mol. The van der Waals surface area contributed by atoms with Gasteiger partial charge in [0.05, 0.1) is 21.6 Å². The fraction of sp³-hybridized carbons (Fsp3) is 0.263. The molecule has 1 atom stereocenters. The average molecular weight is 423 g/mol. The lowest BCUT2D eigenvalue weighted by molar-refractivity contribution is -0.121. The molecule has 0 unspecified atom stereocenters. The van der Waals surface area contributed by atoms with Gasteiger partial charge in [0.1, 0.15) is 5.82 Å². The highest BCUT2D eigenvalue weighted by atomic mass is 32.2. The summed E-state index contributed by atoms with van der Waals surface area (Å²) in [5.41, 5.74) is 1.18. The summed E-state index contributed by atoms with van der Waals surface area (Å²) in [4.78, 5) is 24.6. The van der Waals surface area contributed by atoms with E-state index < -0.39 is 15.7 Å². The summed E-state index contributed by atoms with van der Waals surface area (Å²) in [6.07, 6.45) is -0.196. The molecule has 2 aromatic carbocycles. The molecule has 0 saturated carbocycles. The third-order valence-electron chi connectivity index (χ3n) is 4.24. The quantitative estimate of drug-likeness (QED) is 0.747. The van der Waals surface area contributed by atoms with E-state index in [1.165, 1.54) is 36.0 Å². The Morgan fingerprint density at radius 2 is 1.93 bits per heavy atom.